The summed E-state index contributed by atoms with van der Waals surface area (Å²) in [6.07, 6.45) is 2.24. The molecular formula is C23H23F2N3O2. The summed E-state index contributed by atoms with van der Waals surface area (Å²) < 4.78 is 32.7. The first-order valence-electron chi connectivity index (χ1n) is 9.97. The van der Waals surface area contributed by atoms with Crippen molar-refractivity contribution in [3.8, 4) is 11.6 Å². The topological polar surface area (TPSA) is 77.2 Å². The van der Waals surface area contributed by atoms with Gasteiger partial charge in [0.05, 0.1) is 5.56 Å². The second-order valence-corrected chi connectivity index (χ2v) is 7.63. The zero-order chi connectivity index (χ0) is 21.1. The summed E-state index contributed by atoms with van der Waals surface area (Å²) in [5.74, 6) is -2.06. The lowest BCUT2D eigenvalue weighted by Crippen LogP contribution is -2.36. The monoisotopic (exact) mass is 411 g/mol. The quantitative estimate of drug-likeness (QED) is 0.611. The van der Waals surface area contributed by atoms with E-state index in [-0.39, 0.29) is 18.9 Å². The number of carbonyl (C=O) groups is 1. The highest BCUT2D eigenvalue weighted by molar-refractivity contribution is 5.92. The minimum absolute atomic E-state index is 0.0558. The summed E-state index contributed by atoms with van der Waals surface area (Å²) in [6.45, 7) is 0.600. The first kappa shape index (κ1) is 20.2. The van der Waals surface area contributed by atoms with E-state index in [9.17, 15) is 13.6 Å². The highest BCUT2D eigenvalue weighted by Gasteiger charge is 2.34. The summed E-state index contributed by atoms with van der Waals surface area (Å²) in [6, 6.07) is 15.0. The molecular weight excluding hydrogens is 388 g/mol. The van der Waals surface area contributed by atoms with E-state index in [1.807, 2.05) is 36.4 Å². The molecule has 1 aliphatic rings. The Balaban J connectivity index is 1.50. The van der Waals surface area contributed by atoms with Gasteiger partial charge in [0.15, 0.2) is 0 Å². The highest BCUT2D eigenvalue weighted by atomic mass is 19.3. The Kier molecular flexibility index (Phi) is 5.63. The molecule has 1 amide bonds. The van der Waals surface area contributed by atoms with E-state index >= 15 is 0 Å². The van der Waals surface area contributed by atoms with Crippen LogP contribution < -0.4 is 15.8 Å². The van der Waals surface area contributed by atoms with E-state index in [1.165, 1.54) is 6.20 Å². The van der Waals surface area contributed by atoms with Gasteiger partial charge in [-0.25, -0.2) is 13.8 Å². The number of amides is 1. The first-order chi connectivity index (χ1) is 14.4. The minimum Gasteiger partial charge on any atom is -0.438 e. The molecule has 0 atom stereocenters. The molecule has 7 heteroatoms. The van der Waals surface area contributed by atoms with Crippen LogP contribution in [-0.4, -0.2) is 22.9 Å². The molecule has 1 aliphatic carbocycles. The summed E-state index contributed by atoms with van der Waals surface area (Å²) in [5.41, 5.74) is 6.63. The van der Waals surface area contributed by atoms with E-state index in [1.54, 1.807) is 12.1 Å². The molecule has 1 heterocycles. The van der Waals surface area contributed by atoms with Gasteiger partial charge in [0.25, 0.3) is 0 Å². The molecule has 156 valence electrons. The number of nitrogens with two attached hydrogens (primary N) is 1. The molecule has 3 aromatic rings. The van der Waals surface area contributed by atoms with Gasteiger partial charge in [0.2, 0.25) is 17.7 Å². The number of primary amides is 1. The fraction of sp³-hybridized carbons (Fsp3) is 0.304. The Labute approximate surface area is 173 Å². The molecule has 4 rings (SSSR count). The number of hydrogen-bond acceptors (Lipinski definition) is 4. The molecule has 3 N–H and O–H groups in total. The molecule has 0 radical (unpaired) electrons. The van der Waals surface area contributed by atoms with Crippen LogP contribution in [0.1, 0.15) is 41.6 Å². The van der Waals surface area contributed by atoms with Crippen LogP contribution in [0.2, 0.25) is 0 Å². The van der Waals surface area contributed by atoms with E-state index in [0.29, 0.717) is 36.6 Å². The Morgan fingerprint density at radius 3 is 2.53 bits per heavy atom. The fourth-order valence-electron chi connectivity index (χ4n) is 3.79. The van der Waals surface area contributed by atoms with Crippen LogP contribution in [-0.2, 0) is 6.54 Å². The summed E-state index contributed by atoms with van der Waals surface area (Å²) >= 11 is 0. The maximum atomic E-state index is 13.4. The van der Waals surface area contributed by atoms with Gasteiger partial charge in [0, 0.05) is 43.1 Å². The van der Waals surface area contributed by atoms with Gasteiger partial charge >= 0.3 is 0 Å². The third-order valence-corrected chi connectivity index (χ3v) is 5.51. The third-order valence-electron chi connectivity index (χ3n) is 5.51. The smallest absolute Gasteiger partial charge is 0.250 e. The van der Waals surface area contributed by atoms with E-state index in [0.717, 1.165) is 16.3 Å². The van der Waals surface area contributed by atoms with Gasteiger partial charge in [-0.05, 0) is 35.9 Å². The normalized spacial score (nSPS) is 16.5. The number of nitrogens with zero attached hydrogens (tertiary/aromatic N) is 1. The van der Waals surface area contributed by atoms with Crippen LogP contribution in [0.5, 0.6) is 11.6 Å². The summed E-state index contributed by atoms with van der Waals surface area (Å²) in [4.78, 5) is 15.3. The second-order valence-electron chi connectivity index (χ2n) is 7.63. The summed E-state index contributed by atoms with van der Waals surface area (Å²) in [5, 5.41) is 5.37. The Morgan fingerprint density at radius 1 is 1.10 bits per heavy atom. The van der Waals surface area contributed by atoms with Gasteiger partial charge in [-0.3, -0.25) is 4.79 Å². The Bertz CT molecular complexity index is 1040. The van der Waals surface area contributed by atoms with Gasteiger partial charge in [-0.2, -0.15) is 0 Å². The molecule has 2 aromatic carbocycles. The lowest BCUT2D eigenvalue weighted by Gasteiger charge is -2.29. The van der Waals surface area contributed by atoms with Crippen molar-refractivity contribution in [1.29, 1.82) is 0 Å². The number of nitrogens with one attached hydrogen (secondary N) is 1. The SMILES string of the molecule is NC(=O)c1ccc(Oc2cccc3c(CNC4CCC(F)(F)CC4)cccc23)nc1. The molecule has 0 spiro atoms. The van der Waals surface area contributed by atoms with Crippen LogP contribution in [0, 0.1) is 0 Å². The van der Waals surface area contributed by atoms with Crippen molar-refractivity contribution in [2.24, 2.45) is 5.73 Å². The number of fused-ring (bicyclic) bond motifs is 1. The standard InChI is InChI=1S/C23H23F2N3O2/c24-23(25)11-9-17(10-12-23)27-13-15-3-1-5-19-18(15)4-2-6-20(19)30-21-8-7-16(14-28-21)22(26)29/h1-8,14,17,27H,9-13H2,(H2,26,29). The number of pyridine rings is 1. The second kappa shape index (κ2) is 8.36. The number of aromatic nitrogens is 1. The zero-order valence-corrected chi connectivity index (χ0v) is 16.4. The van der Waals surface area contributed by atoms with Crippen LogP contribution in [0.15, 0.2) is 54.7 Å². The molecule has 0 bridgehead atoms. The van der Waals surface area contributed by atoms with E-state index in [2.05, 4.69) is 10.3 Å². The number of rotatable bonds is 6. The number of ether oxygens (including phenoxy) is 1. The van der Waals surface area contributed by atoms with Crippen LogP contribution in [0.3, 0.4) is 0 Å². The van der Waals surface area contributed by atoms with Gasteiger partial charge < -0.3 is 15.8 Å². The molecule has 5 nitrogen and oxygen atoms in total. The molecule has 0 aliphatic heterocycles. The average molecular weight is 411 g/mol. The van der Waals surface area contributed by atoms with Crippen molar-refractivity contribution >= 4 is 16.7 Å². The third kappa shape index (κ3) is 4.57. The number of hydrogen-bond donors (Lipinski definition) is 2. The fourth-order valence-corrected chi connectivity index (χ4v) is 3.79. The number of benzene rings is 2. The van der Waals surface area contributed by atoms with E-state index in [4.69, 9.17) is 10.5 Å². The molecule has 0 unspecified atom stereocenters. The van der Waals surface area contributed by atoms with Crippen molar-refractivity contribution in [2.75, 3.05) is 0 Å². The Hall–Kier alpha value is -3.06. The molecule has 30 heavy (non-hydrogen) atoms. The van der Waals surface area contributed by atoms with Gasteiger partial charge in [-0.1, -0.05) is 30.3 Å². The van der Waals surface area contributed by atoms with Crippen molar-refractivity contribution in [1.82, 2.24) is 10.3 Å². The largest absolute Gasteiger partial charge is 0.438 e. The van der Waals surface area contributed by atoms with Crippen molar-refractivity contribution in [3.05, 3.63) is 65.9 Å². The molecule has 0 saturated heterocycles. The van der Waals surface area contributed by atoms with E-state index < -0.39 is 11.8 Å². The number of alkyl halides is 2. The summed E-state index contributed by atoms with van der Waals surface area (Å²) in [7, 11) is 0. The van der Waals surface area contributed by atoms with Crippen molar-refractivity contribution in [2.45, 2.75) is 44.2 Å². The number of carbonyl (C=O) groups excluding carboxylic acids is 1. The predicted octanol–water partition coefficient (Wildman–Crippen LogP) is 4.79. The minimum atomic E-state index is -2.52. The number of halogens is 2. The van der Waals surface area contributed by atoms with Gasteiger partial charge in [-0.15, -0.1) is 0 Å². The predicted molar refractivity (Wildman–Crippen MR) is 111 cm³/mol. The van der Waals surface area contributed by atoms with Crippen LogP contribution in [0.25, 0.3) is 10.8 Å². The first-order valence-corrected chi connectivity index (χ1v) is 9.97. The van der Waals surface area contributed by atoms with Crippen molar-refractivity contribution in [3.63, 3.8) is 0 Å². The molecule has 1 fully saturated rings. The highest BCUT2D eigenvalue weighted by Crippen LogP contribution is 2.34. The Morgan fingerprint density at radius 2 is 1.83 bits per heavy atom. The zero-order valence-electron chi connectivity index (χ0n) is 16.4. The maximum Gasteiger partial charge on any atom is 0.250 e. The lowest BCUT2D eigenvalue weighted by molar-refractivity contribution is -0.0405. The van der Waals surface area contributed by atoms with Crippen molar-refractivity contribution < 1.29 is 18.3 Å². The van der Waals surface area contributed by atoms with Gasteiger partial charge in [0.1, 0.15) is 5.75 Å². The molecule has 1 saturated carbocycles. The van der Waals surface area contributed by atoms with Crippen LogP contribution >= 0.6 is 0 Å². The maximum absolute atomic E-state index is 13.4. The molecule has 1 aromatic heterocycles. The lowest BCUT2D eigenvalue weighted by atomic mass is 9.92. The van der Waals surface area contributed by atoms with Crippen LogP contribution in [0.4, 0.5) is 8.78 Å². The average Bonchev–Trinajstić information content (AvgIpc) is 2.74.